The molecule has 1 rings (SSSR count). The Morgan fingerprint density at radius 3 is 2.44 bits per heavy atom. The van der Waals surface area contributed by atoms with Gasteiger partial charge in [-0.3, -0.25) is 0 Å². The standard InChI is InChI=1S/C14H23BrS/c1-4-5-6-7-8-9-14(15)13-10-11(2)16-12(13)3/h10,14H,4-9H2,1-3H3. The van der Waals surface area contributed by atoms with Crippen molar-refractivity contribution in [3.8, 4) is 0 Å². The van der Waals surface area contributed by atoms with E-state index in [9.17, 15) is 0 Å². The summed E-state index contributed by atoms with van der Waals surface area (Å²) in [5.41, 5.74) is 1.51. The summed E-state index contributed by atoms with van der Waals surface area (Å²) in [6, 6.07) is 2.34. The monoisotopic (exact) mass is 302 g/mol. The lowest BCUT2D eigenvalue weighted by atomic mass is 10.1. The minimum atomic E-state index is 0.569. The van der Waals surface area contributed by atoms with Gasteiger partial charge in [0.25, 0.3) is 0 Å². The van der Waals surface area contributed by atoms with Crippen LogP contribution in [0.4, 0.5) is 0 Å². The summed E-state index contributed by atoms with van der Waals surface area (Å²) in [6.45, 7) is 6.70. The number of thiophene rings is 1. The first-order valence-corrected chi connectivity index (χ1v) is 8.09. The first-order valence-electron chi connectivity index (χ1n) is 6.36. The van der Waals surface area contributed by atoms with Crippen molar-refractivity contribution < 1.29 is 0 Å². The molecule has 0 aliphatic carbocycles. The van der Waals surface area contributed by atoms with E-state index in [2.05, 4.69) is 42.8 Å². The molecule has 16 heavy (non-hydrogen) atoms. The van der Waals surface area contributed by atoms with Gasteiger partial charge in [-0.25, -0.2) is 0 Å². The van der Waals surface area contributed by atoms with Crippen molar-refractivity contribution in [3.05, 3.63) is 21.4 Å². The molecule has 0 radical (unpaired) electrons. The van der Waals surface area contributed by atoms with E-state index in [1.807, 2.05) is 11.3 Å². The number of hydrogen-bond donors (Lipinski definition) is 0. The van der Waals surface area contributed by atoms with E-state index in [0.29, 0.717) is 4.83 Å². The molecule has 0 saturated carbocycles. The second-order valence-electron chi connectivity index (χ2n) is 4.54. The number of halogens is 1. The Morgan fingerprint density at radius 2 is 1.88 bits per heavy atom. The van der Waals surface area contributed by atoms with Crippen molar-refractivity contribution in [2.24, 2.45) is 0 Å². The maximum Gasteiger partial charge on any atom is 0.0406 e. The normalized spacial score (nSPS) is 13.0. The van der Waals surface area contributed by atoms with Crippen molar-refractivity contribution in [2.75, 3.05) is 0 Å². The van der Waals surface area contributed by atoms with E-state index < -0.39 is 0 Å². The smallest absolute Gasteiger partial charge is 0.0406 e. The van der Waals surface area contributed by atoms with E-state index in [-0.39, 0.29) is 0 Å². The highest BCUT2D eigenvalue weighted by Gasteiger charge is 2.12. The zero-order valence-corrected chi connectivity index (χ0v) is 13.1. The third kappa shape index (κ3) is 4.58. The Morgan fingerprint density at radius 1 is 1.19 bits per heavy atom. The minimum Gasteiger partial charge on any atom is -0.146 e. The molecule has 1 aromatic rings. The van der Waals surface area contributed by atoms with Crippen LogP contribution in [0.15, 0.2) is 6.07 Å². The van der Waals surface area contributed by atoms with Crippen LogP contribution >= 0.6 is 27.3 Å². The van der Waals surface area contributed by atoms with Gasteiger partial charge in [0.2, 0.25) is 0 Å². The van der Waals surface area contributed by atoms with Gasteiger partial charge >= 0.3 is 0 Å². The van der Waals surface area contributed by atoms with Crippen LogP contribution in [0.25, 0.3) is 0 Å². The fourth-order valence-electron chi connectivity index (χ4n) is 2.04. The molecule has 0 fully saturated rings. The Bertz CT molecular complexity index is 304. The summed E-state index contributed by atoms with van der Waals surface area (Å²) in [4.78, 5) is 3.48. The lowest BCUT2D eigenvalue weighted by molar-refractivity contribution is 0.606. The molecular weight excluding hydrogens is 280 g/mol. The Hall–Kier alpha value is 0.180. The second kappa shape index (κ2) is 7.50. The maximum absolute atomic E-state index is 3.83. The van der Waals surface area contributed by atoms with Gasteiger partial charge in [0.05, 0.1) is 0 Å². The highest BCUT2D eigenvalue weighted by Crippen LogP contribution is 2.35. The SMILES string of the molecule is CCCCCCCC(Br)c1cc(C)sc1C. The summed E-state index contributed by atoms with van der Waals surface area (Å²) in [6.07, 6.45) is 8.14. The molecule has 1 atom stereocenters. The first-order chi connectivity index (χ1) is 7.65. The van der Waals surface area contributed by atoms with E-state index in [1.54, 1.807) is 0 Å². The van der Waals surface area contributed by atoms with E-state index in [4.69, 9.17) is 0 Å². The highest BCUT2D eigenvalue weighted by atomic mass is 79.9. The molecule has 0 aliphatic rings. The molecule has 0 amide bonds. The molecule has 2 heteroatoms. The highest BCUT2D eigenvalue weighted by molar-refractivity contribution is 9.09. The third-order valence-corrected chi connectivity index (χ3v) is 4.91. The Kier molecular flexibility index (Phi) is 6.67. The van der Waals surface area contributed by atoms with Gasteiger partial charge in [0, 0.05) is 14.6 Å². The summed E-state index contributed by atoms with van der Waals surface area (Å²) < 4.78 is 0. The number of hydrogen-bond acceptors (Lipinski definition) is 1. The lowest BCUT2D eigenvalue weighted by Gasteiger charge is -2.09. The quantitative estimate of drug-likeness (QED) is 0.418. The summed E-state index contributed by atoms with van der Waals surface area (Å²) in [5.74, 6) is 0. The molecule has 0 saturated heterocycles. The van der Waals surface area contributed by atoms with Gasteiger partial charge in [-0.1, -0.05) is 55.0 Å². The topological polar surface area (TPSA) is 0 Å². The number of alkyl halides is 1. The van der Waals surface area contributed by atoms with Crippen LogP contribution in [0.1, 0.15) is 65.6 Å². The van der Waals surface area contributed by atoms with Gasteiger partial charge < -0.3 is 0 Å². The molecule has 1 aromatic heterocycles. The van der Waals surface area contributed by atoms with Crippen molar-refractivity contribution in [2.45, 2.75) is 64.1 Å². The van der Waals surface area contributed by atoms with E-state index in [0.717, 1.165) is 0 Å². The Labute approximate surface area is 113 Å². The molecule has 1 heterocycles. The lowest BCUT2D eigenvalue weighted by Crippen LogP contribution is -1.90. The van der Waals surface area contributed by atoms with Crippen molar-refractivity contribution in [3.63, 3.8) is 0 Å². The summed E-state index contributed by atoms with van der Waals surface area (Å²) in [5, 5.41) is 0. The number of aryl methyl sites for hydroxylation is 2. The second-order valence-corrected chi connectivity index (χ2v) is 7.10. The summed E-state index contributed by atoms with van der Waals surface area (Å²) >= 11 is 5.74. The van der Waals surface area contributed by atoms with Crippen LogP contribution in [0.5, 0.6) is 0 Å². The largest absolute Gasteiger partial charge is 0.146 e. The van der Waals surface area contributed by atoms with Gasteiger partial charge in [-0.2, -0.15) is 0 Å². The molecule has 0 bridgehead atoms. The van der Waals surface area contributed by atoms with Gasteiger partial charge in [-0.05, 0) is 31.9 Å². The molecule has 0 aliphatic heterocycles. The minimum absolute atomic E-state index is 0.569. The molecule has 0 nitrogen and oxygen atoms in total. The Balaban J connectivity index is 2.29. The number of unbranched alkanes of at least 4 members (excludes halogenated alkanes) is 4. The zero-order valence-electron chi connectivity index (χ0n) is 10.7. The summed E-state index contributed by atoms with van der Waals surface area (Å²) in [7, 11) is 0. The first kappa shape index (κ1) is 14.2. The molecule has 0 spiro atoms. The van der Waals surface area contributed by atoms with E-state index >= 15 is 0 Å². The van der Waals surface area contributed by atoms with Gasteiger partial charge in [0.15, 0.2) is 0 Å². The third-order valence-electron chi connectivity index (χ3n) is 2.98. The van der Waals surface area contributed by atoms with Crippen LogP contribution in [-0.2, 0) is 0 Å². The molecule has 92 valence electrons. The average molecular weight is 303 g/mol. The molecule has 1 unspecified atom stereocenters. The van der Waals surface area contributed by atoms with Crippen LogP contribution in [0, 0.1) is 13.8 Å². The van der Waals surface area contributed by atoms with Crippen LogP contribution in [0.3, 0.4) is 0 Å². The van der Waals surface area contributed by atoms with Gasteiger partial charge in [-0.15, -0.1) is 11.3 Å². The van der Waals surface area contributed by atoms with Crippen LogP contribution in [-0.4, -0.2) is 0 Å². The average Bonchev–Trinajstić information content (AvgIpc) is 2.57. The molecule has 0 aromatic carbocycles. The zero-order chi connectivity index (χ0) is 12.0. The van der Waals surface area contributed by atoms with E-state index in [1.165, 1.54) is 53.8 Å². The van der Waals surface area contributed by atoms with Crippen molar-refractivity contribution in [1.82, 2.24) is 0 Å². The maximum atomic E-state index is 3.83. The molecular formula is C14H23BrS. The predicted molar refractivity (Wildman–Crippen MR) is 78.8 cm³/mol. The number of rotatable bonds is 7. The van der Waals surface area contributed by atoms with Crippen molar-refractivity contribution in [1.29, 1.82) is 0 Å². The fraction of sp³-hybridized carbons (Fsp3) is 0.714. The fourth-order valence-corrected chi connectivity index (χ4v) is 3.98. The predicted octanol–water partition coefficient (Wildman–Crippen LogP) is 6.16. The van der Waals surface area contributed by atoms with Crippen LogP contribution in [0.2, 0.25) is 0 Å². The van der Waals surface area contributed by atoms with Crippen LogP contribution < -0.4 is 0 Å². The van der Waals surface area contributed by atoms with Crippen molar-refractivity contribution >= 4 is 27.3 Å². The molecule has 0 N–H and O–H groups in total. The van der Waals surface area contributed by atoms with Gasteiger partial charge in [0.1, 0.15) is 0 Å².